The Morgan fingerprint density at radius 3 is 2.38 bits per heavy atom. The number of nitrogens with zero attached hydrogens (tertiary/aromatic N) is 4. The molecule has 3 fully saturated rings. The third-order valence-corrected chi connectivity index (χ3v) is 6.67. The van der Waals surface area contributed by atoms with Crippen LogP contribution in [-0.2, 0) is 0 Å². The fraction of sp³-hybridized carbons (Fsp3) is 0.950. The monoisotopic (exact) mass is 364 g/mol. The van der Waals surface area contributed by atoms with Crippen molar-refractivity contribution in [2.45, 2.75) is 63.1 Å². The van der Waals surface area contributed by atoms with Crippen LogP contribution in [0, 0.1) is 0 Å². The van der Waals surface area contributed by atoms with Crippen molar-refractivity contribution < 1.29 is 0 Å². The van der Waals surface area contributed by atoms with Gasteiger partial charge in [-0.2, -0.15) is 0 Å². The number of hydrogen-bond acceptors (Lipinski definition) is 4. The van der Waals surface area contributed by atoms with Gasteiger partial charge in [-0.05, 0) is 39.8 Å². The van der Waals surface area contributed by atoms with E-state index >= 15 is 0 Å². The van der Waals surface area contributed by atoms with E-state index in [1.807, 2.05) is 7.05 Å². The van der Waals surface area contributed by atoms with Crippen LogP contribution >= 0.6 is 0 Å². The van der Waals surface area contributed by atoms with Crippen molar-refractivity contribution in [2.75, 3.05) is 60.4 Å². The van der Waals surface area contributed by atoms with Crippen LogP contribution in [0.4, 0.5) is 0 Å². The van der Waals surface area contributed by atoms with E-state index < -0.39 is 0 Å². The zero-order valence-electron chi connectivity index (χ0n) is 17.2. The molecule has 1 aliphatic carbocycles. The van der Waals surface area contributed by atoms with E-state index in [0.717, 1.165) is 31.6 Å². The first-order valence-corrected chi connectivity index (χ1v) is 10.8. The first kappa shape index (κ1) is 19.9. The molecule has 1 atom stereocenters. The summed E-state index contributed by atoms with van der Waals surface area (Å²) in [4.78, 5) is 12.1. The molecule has 0 amide bonds. The maximum absolute atomic E-state index is 4.47. The summed E-state index contributed by atoms with van der Waals surface area (Å²) in [5.41, 5.74) is 0. The predicted molar refractivity (Wildman–Crippen MR) is 110 cm³/mol. The van der Waals surface area contributed by atoms with Gasteiger partial charge in [-0.1, -0.05) is 19.3 Å². The third kappa shape index (κ3) is 5.57. The summed E-state index contributed by atoms with van der Waals surface area (Å²) in [7, 11) is 6.34. The smallest absolute Gasteiger partial charge is 0.191 e. The fourth-order valence-electron chi connectivity index (χ4n) is 4.78. The first-order chi connectivity index (χ1) is 12.7. The Kier molecular flexibility index (Phi) is 7.58. The van der Waals surface area contributed by atoms with Crippen LogP contribution in [0.15, 0.2) is 4.99 Å². The number of guanidine groups is 1. The summed E-state index contributed by atoms with van der Waals surface area (Å²) in [6.45, 7) is 6.89. The highest BCUT2D eigenvalue weighted by Gasteiger charge is 2.27. The summed E-state index contributed by atoms with van der Waals surface area (Å²) in [6, 6.07) is 1.98. The topological polar surface area (TPSA) is 46.1 Å². The average molecular weight is 365 g/mol. The van der Waals surface area contributed by atoms with Crippen LogP contribution in [0.5, 0.6) is 0 Å². The second-order valence-corrected chi connectivity index (χ2v) is 8.60. The van der Waals surface area contributed by atoms with Crippen molar-refractivity contribution in [3.05, 3.63) is 0 Å². The third-order valence-electron chi connectivity index (χ3n) is 6.67. The summed E-state index contributed by atoms with van der Waals surface area (Å²) in [5, 5.41) is 7.24. The number of piperidine rings is 1. The number of hydrogen-bond donors (Lipinski definition) is 2. The second-order valence-electron chi connectivity index (χ2n) is 8.60. The standard InChI is InChI=1S/C20H40N6/c1-21-20(22-15-19-16-24(2)13-14-25(19)3)23-17-9-11-26(12-10-17)18-7-5-4-6-8-18/h17-19H,4-16H2,1-3H3,(H2,21,22,23). The van der Waals surface area contributed by atoms with Gasteiger partial charge in [0.25, 0.3) is 0 Å². The number of likely N-dealkylation sites (N-methyl/N-ethyl adjacent to an activating group) is 2. The number of piperazine rings is 1. The molecule has 6 nitrogen and oxygen atoms in total. The molecule has 0 bridgehead atoms. The lowest BCUT2D eigenvalue weighted by atomic mass is 9.92. The Balaban J connectivity index is 1.38. The molecule has 3 rings (SSSR count). The van der Waals surface area contributed by atoms with Crippen LogP contribution in [-0.4, -0.2) is 99.2 Å². The van der Waals surface area contributed by atoms with Crippen LogP contribution in [0.3, 0.4) is 0 Å². The molecule has 0 aromatic heterocycles. The molecule has 1 saturated carbocycles. The Morgan fingerprint density at radius 2 is 1.69 bits per heavy atom. The number of likely N-dealkylation sites (tertiary alicyclic amines) is 1. The van der Waals surface area contributed by atoms with Crippen LogP contribution in [0.1, 0.15) is 44.9 Å². The van der Waals surface area contributed by atoms with Gasteiger partial charge >= 0.3 is 0 Å². The summed E-state index contributed by atoms with van der Waals surface area (Å²) in [6.07, 6.45) is 9.64. The molecule has 2 saturated heterocycles. The molecule has 2 aliphatic heterocycles. The minimum atomic E-state index is 0.556. The highest BCUT2D eigenvalue weighted by atomic mass is 15.3. The van der Waals surface area contributed by atoms with Crippen molar-refractivity contribution >= 4 is 5.96 Å². The van der Waals surface area contributed by atoms with E-state index in [1.54, 1.807) is 0 Å². The number of rotatable bonds is 4. The van der Waals surface area contributed by atoms with E-state index in [0.29, 0.717) is 12.1 Å². The normalized spacial score (nSPS) is 29.0. The fourth-order valence-corrected chi connectivity index (χ4v) is 4.78. The van der Waals surface area contributed by atoms with E-state index in [4.69, 9.17) is 0 Å². The van der Waals surface area contributed by atoms with Crippen molar-refractivity contribution in [3.63, 3.8) is 0 Å². The first-order valence-electron chi connectivity index (χ1n) is 10.8. The van der Waals surface area contributed by atoms with Crippen molar-refractivity contribution in [1.29, 1.82) is 0 Å². The number of nitrogens with one attached hydrogen (secondary N) is 2. The maximum Gasteiger partial charge on any atom is 0.191 e. The molecule has 0 spiro atoms. The minimum absolute atomic E-state index is 0.556. The molecule has 0 radical (unpaired) electrons. The van der Waals surface area contributed by atoms with Gasteiger partial charge in [0.05, 0.1) is 0 Å². The number of aliphatic imine (C=N–C) groups is 1. The van der Waals surface area contributed by atoms with Crippen molar-refractivity contribution in [1.82, 2.24) is 25.3 Å². The Labute approximate surface area is 160 Å². The molecule has 2 heterocycles. The van der Waals surface area contributed by atoms with Crippen molar-refractivity contribution in [3.8, 4) is 0 Å². The molecular weight excluding hydrogens is 324 g/mol. The SMILES string of the molecule is CN=C(NCC1CN(C)CCN1C)NC1CCN(C2CCCCC2)CC1. The van der Waals surface area contributed by atoms with Gasteiger partial charge < -0.3 is 20.4 Å². The molecule has 6 heteroatoms. The predicted octanol–water partition coefficient (Wildman–Crippen LogP) is 1.19. The summed E-state index contributed by atoms with van der Waals surface area (Å²) >= 11 is 0. The molecule has 1 unspecified atom stereocenters. The molecule has 0 aromatic rings. The minimum Gasteiger partial charge on any atom is -0.355 e. The zero-order chi connectivity index (χ0) is 18.4. The van der Waals surface area contributed by atoms with E-state index in [-0.39, 0.29) is 0 Å². The highest BCUT2D eigenvalue weighted by Crippen LogP contribution is 2.25. The molecule has 0 aromatic carbocycles. The quantitative estimate of drug-likeness (QED) is 0.580. The average Bonchev–Trinajstić information content (AvgIpc) is 2.68. The molecule has 2 N–H and O–H groups in total. The van der Waals surface area contributed by atoms with Crippen LogP contribution < -0.4 is 10.6 Å². The zero-order valence-corrected chi connectivity index (χ0v) is 17.2. The molecule has 150 valence electrons. The van der Waals surface area contributed by atoms with Gasteiger partial charge in [0.1, 0.15) is 0 Å². The van der Waals surface area contributed by atoms with Crippen molar-refractivity contribution in [2.24, 2.45) is 4.99 Å². The largest absolute Gasteiger partial charge is 0.355 e. The Morgan fingerprint density at radius 1 is 0.962 bits per heavy atom. The van der Waals surface area contributed by atoms with E-state index in [1.165, 1.54) is 64.6 Å². The van der Waals surface area contributed by atoms with Crippen LogP contribution in [0.25, 0.3) is 0 Å². The lowest BCUT2D eigenvalue weighted by Crippen LogP contribution is -2.56. The molecule has 26 heavy (non-hydrogen) atoms. The maximum atomic E-state index is 4.47. The highest BCUT2D eigenvalue weighted by molar-refractivity contribution is 5.80. The summed E-state index contributed by atoms with van der Waals surface area (Å²) < 4.78 is 0. The lowest BCUT2D eigenvalue weighted by Gasteiger charge is -2.40. The van der Waals surface area contributed by atoms with Gasteiger partial charge in [-0.3, -0.25) is 9.89 Å². The Hall–Kier alpha value is -0.850. The lowest BCUT2D eigenvalue weighted by molar-refractivity contribution is 0.115. The molecular formula is C20H40N6. The van der Waals surface area contributed by atoms with Gasteiger partial charge in [-0.15, -0.1) is 0 Å². The van der Waals surface area contributed by atoms with Gasteiger partial charge in [0, 0.05) is 64.4 Å². The second kappa shape index (κ2) is 9.90. The van der Waals surface area contributed by atoms with E-state index in [2.05, 4.69) is 44.4 Å². The van der Waals surface area contributed by atoms with E-state index in [9.17, 15) is 0 Å². The summed E-state index contributed by atoms with van der Waals surface area (Å²) in [5.74, 6) is 0.975. The Bertz CT molecular complexity index is 440. The molecule has 3 aliphatic rings. The van der Waals surface area contributed by atoms with Gasteiger partial charge in [0.2, 0.25) is 0 Å². The van der Waals surface area contributed by atoms with Gasteiger partial charge in [0.15, 0.2) is 5.96 Å². The van der Waals surface area contributed by atoms with Crippen LogP contribution in [0.2, 0.25) is 0 Å². The van der Waals surface area contributed by atoms with Gasteiger partial charge in [-0.25, -0.2) is 0 Å².